The molecule has 0 spiro atoms. The molecule has 1 N–H and O–H groups in total. The van der Waals surface area contributed by atoms with Crippen molar-refractivity contribution in [1.82, 2.24) is 5.32 Å². The lowest BCUT2D eigenvalue weighted by Crippen LogP contribution is -2.40. The Balaban J connectivity index is 1.63. The van der Waals surface area contributed by atoms with Gasteiger partial charge in [0.05, 0.1) is 12.7 Å². The van der Waals surface area contributed by atoms with Crippen molar-refractivity contribution in [2.75, 3.05) is 26.6 Å². The van der Waals surface area contributed by atoms with Gasteiger partial charge in [0.1, 0.15) is 19.1 Å². The first-order chi connectivity index (χ1) is 9.24. The van der Waals surface area contributed by atoms with E-state index in [2.05, 4.69) is 31.3 Å². The monoisotopic (exact) mass is 265 g/mol. The van der Waals surface area contributed by atoms with Crippen molar-refractivity contribution in [2.45, 2.75) is 32.4 Å². The van der Waals surface area contributed by atoms with E-state index in [0.717, 1.165) is 25.3 Å². The van der Waals surface area contributed by atoms with Gasteiger partial charge in [0.2, 0.25) is 0 Å². The number of hydrogen-bond donors (Lipinski definition) is 1. The van der Waals surface area contributed by atoms with Gasteiger partial charge in [0.25, 0.3) is 0 Å². The van der Waals surface area contributed by atoms with Gasteiger partial charge in [-0.15, -0.1) is 0 Å². The van der Waals surface area contributed by atoms with Crippen LogP contribution in [0.25, 0.3) is 0 Å². The van der Waals surface area contributed by atoms with E-state index in [9.17, 15) is 0 Å². The first kappa shape index (κ1) is 14.3. The number of ether oxygens (including phenoxy) is 3. The van der Waals surface area contributed by atoms with E-state index in [0.29, 0.717) is 19.4 Å². The molecule has 4 nitrogen and oxygen atoms in total. The van der Waals surface area contributed by atoms with Crippen molar-refractivity contribution in [2.24, 2.45) is 0 Å². The highest BCUT2D eigenvalue weighted by Gasteiger charge is 2.14. The molecule has 1 saturated heterocycles. The zero-order valence-corrected chi connectivity index (χ0v) is 11.7. The second-order valence-electron chi connectivity index (χ2n) is 5.04. The minimum absolute atomic E-state index is 0.260. The molecule has 0 saturated carbocycles. The number of hydrogen-bond acceptors (Lipinski definition) is 4. The van der Waals surface area contributed by atoms with Crippen molar-refractivity contribution < 1.29 is 14.2 Å². The smallest absolute Gasteiger partial charge is 0.147 e. The van der Waals surface area contributed by atoms with Gasteiger partial charge >= 0.3 is 0 Å². The van der Waals surface area contributed by atoms with Crippen molar-refractivity contribution in [1.29, 1.82) is 0 Å². The largest absolute Gasteiger partial charge is 0.492 e. The molecule has 19 heavy (non-hydrogen) atoms. The summed E-state index contributed by atoms with van der Waals surface area (Å²) < 4.78 is 16.4. The van der Waals surface area contributed by atoms with E-state index >= 15 is 0 Å². The Morgan fingerprint density at radius 3 is 2.84 bits per heavy atom. The predicted octanol–water partition coefficient (Wildman–Crippen LogP) is 2.11. The molecule has 2 unspecified atom stereocenters. The fourth-order valence-electron chi connectivity index (χ4n) is 1.91. The van der Waals surface area contributed by atoms with Crippen molar-refractivity contribution in [3.05, 3.63) is 29.8 Å². The van der Waals surface area contributed by atoms with E-state index in [4.69, 9.17) is 14.2 Å². The van der Waals surface area contributed by atoms with Gasteiger partial charge in [-0.25, -0.2) is 0 Å². The lowest BCUT2D eigenvalue weighted by molar-refractivity contribution is -0.137. The van der Waals surface area contributed by atoms with Gasteiger partial charge < -0.3 is 19.5 Å². The van der Waals surface area contributed by atoms with E-state index < -0.39 is 0 Å². The predicted molar refractivity (Wildman–Crippen MR) is 74.4 cm³/mol. The molecule has 1 heterocycles. The van der Waals surface area contributed by atoms with E-state index in [1.165, 1.54) is 5.56 Å². The van der Waals surface area contributed by atoms with E-state index in [-0.39, 0.29) is 6.10 Å². The van der Waals surface area contributed by atoms with Gasteiger partial charge in [0.15, 0.2) is 0 Å². The Kier molecular flexibility index (Phi) is 5.63. The molecule has 0 radical (unpaired) electrons. The maximum absolute atomic E-state index is 5.73. The number of rotatable bonds is 6. The SMILES string of the molecule is Cc1ccc(OCC(C)NCC2CCOCO2)cc1. The zero-order chi connectivity index (χ0) is 13.5. The molecule has 1 aliphatic heterocycles. The average molecular weight is 265 g/mol. The molecule has 1 fully saturated rings. The van der Waals surface area contributed by atoms with Crippen LogP contribution in [0.5, 0.6) is 5.75 Å². The summed E-state index contributed by atoms with van der Waals surface area (Å²) in [6.07, 6.45) is 1.22. The third kappa shape index (κ3) is 5.19. The van der Waals surface area contributed by atoms with Crippen LogP contribution in [-0.4, -0.2) is 38.7 Å². The van der Waals surface area contributed by atoms with Gasteiger partial charge in [-0.3, -0.25) is 0 Å². The minimum atomic E-state index is 0.260. The standard InChI is InChI=1S/C15H23NO3/c1-12-3-5-14(6-4-12)18-10-13(2)16-9-15-7-8-17-11-19-15/h3-6,13,15-16H,7-11H2,1-2H3. The molecule has 1 aromatic carbocycles. The summed E-state index contributed by atoms with van der Waals surface area (Å²) >= 11 is 0. The molecular weight excluding hydrogens is 242 g/mol. The molecule has 2 rings (SSSR count). The highest BCUT2D eigenvalue weighted by molar-refractivity contribution is 5.26. The number of benzene rings is 1. The van der Waals surface area contributed by atoms with Crippen LogP contribution in [0.1, 0.15) is 18.9 Å². The maximum atomic E-state index is 5.73. The molecule has 1 aromatic rings. The summed E-state index contributed by atoms with van der Waals surface area (Å²) in [5, 5.41) is 3.43. The summed E-state index contributed by atoms with van der Waals surface area (Å²) in [5.41, 5.74) is 1.25. The third-order valence-electron chi connectivity index (χ3n) is 3.19. The lowest BCUT2D eigenvalue weighted by atomic mass is 10.2. The molecule has 0 aromatic heterocycles. The molecule has 1 aliphatic rings. The Bertz CT molecular complexity index is 360. The summed E-state index contributed by atoms with van der Waals surface area (Å²) in [4.78, 5) is 0. The van der Waals surface area contributed by atoms with Crippen molar-refractivity contribution >= 4 is 0 Å². The molecule has 4 heteroatoms. The third-order valence-corrected chi connectivity index (χ3v) is 3.19. The van der Waals surface area contributed by atoms with Gasteiger partial charge in [0, 0.05) is 12.6 Å². The normalized spacial score (nSPS) is 21.1. The van der Waals surface area contributed by atoms with Crippen LogP contribution in [0.3, 0.4) is 0 Å². The van der Waals surface area contributed by atoms with Crippen molar-refractivity contribution in [3.63, 3.8) is 0 Å². The molecule has 2 atom stereocenters. The van der Waals surface area contributed by atoms with Crippen molar-refractivity contribution in [3.8, 4) is 5.75 Å². The molecule has 106 valence electrons. The average Bonchev–Trinajstić information content (AvgIpc) is 2.45. The van der Waals surface area contributed by atoms with Crippen LogP contribution in [0.2, 0.25) is 0 Å². The number of nitrogens with one attached hydrogen (secondary N) is 1. The molecule has 0 aliphatic carbocycles. The van der Waals surface area contributed by atoms with Crippen LogP contribution < -0.4 is 10.1 Å². The Hall–Kier alpha value is -1.10. The summed E-state index contributed by atoms with van der Waals surface area (Å²) in [6, 6.07) is 8.42. The molecule has 0 amide bonds. The topological polar surface area (TPSA) is 39.7 Å². The lowest BCUT2D eigenvalue weighted by Gasteiger charge is -2.24. The Labute approximate surface area is 115 Å². The zero-order valence-electron chi connectivity index (χ0n) is 11.7. The van der Waals surface area contributed by atoms with Gasteiger partial charge in [-0.1, -0.05) is 17.7 Å². The van der Waals surface area contributed by atoms with Crippen LogP contribution in [0.15, 0.2) is 24.3 Å². The quantitative estimate of drug-likeness (QED) is 0.855. The molecular formula is C15H23NO3. The Morgan fingerprint density at radius 1 is 1.37 bits per heavy atom. The van der Waals surface area contributed by atoms with Crippen LogP contribution >= 0.6 is 0 Å². The first-order valence-electron chi connectivity index (χ1n) is 6.86. The fourth-order valence-corrected chi connectivity index (χ4v) is 1.91. The highest BCUT2D eigenvalue weighted by atomic mass is 16.7. The highest BCUT2D eigenvalue weighted by Crippen LogP contribution is 2.11. The van der Waals surface area contributed by atoms with E-state index in [1.54, 1.807) is 0 Å². The summed E-state index contributed by atoms with van der Waals surface area (Å²) in [5.74, 6) is 0.918. The summed E-state index contributed by atoms with van der Waals surface area (Å²) in [6.45, 7) is 6.91. The molecule has 0 bridgehead atoms. The first-order valence-corrected chi connectivity index (χ1v) is 6.86. The van der Waals surface area contributed by atoms with Gasteiger partial charge in [-0.2, -0.15) is 0 Å². The van der Waals surface area contributed by atoms with Crippen LogP contribution in [-0.2, 0) is 9.47 Å². The van der Waals surface area contributed by atoms with E-state index in [1.807, 2.05) is 12.1 Å². The van der Waals surface area contributed by atoms with Crippen LogP contribution in [0.4, 0.5) is 0 Å². The van der Waals surface area contributed by atoms with Gasteiger partial charge in [-0.05, 0) is 32.4 Å². The summed E-state index contributed by atoms with van der Waals surface area (Å²) in [7, 11) is 0. The minimum Gasteiger partial charge on any atom is -0.492 e. The Morgan fingerprint density at radius 2 is 2.16 bits per heavy atom. The second-order valence-corrected chi connectivity index (χ2v) is 5.04. The fraction of sp³-hybridized carbons (Fsp3) is 0.600. The second kappa shape index (κ2) is 7.48. The number of aryl methyl sites for hydroxylation is 1. The van der Waals surface area contributed by atoms with Crippen LogP contribution in [0, 0.1) is 6.92 Å². The maximum Gasteiger partial charge on any atom is 0.147 e.